The summed E-state index contributed by atoms with van der Waals surface area (Å²) in [7, 11) is 1.58. The zero-order chi connectivity index (χ0) is 26.0. The summed E-state index contributed by atoms with van der Waals surface area (Å²) in [5.41, 5.74) is 0.445. The number of alkyl halides is 3. The van der Waals surface area contributed by atoms with Crippen LogP contribution in [0.1, 0.15) is 39.9 Å². The number of piperidine rings is 1. The van der Waals surface area contributed by atoms with Gasteiger partial charge in [-0.1, -0.05) is 0 Å². The molecule has 2 aliphatic rings. The van der Waals surface area contributed by atoms with E-state index in [0.29, 0.717) is 50.3 Å². The van der Waals surface area contributed by atoms with Crippen molar-refractivity contribution in [2.45, 2.75) is 25.9 Å². The molecule has 0 bridgehead atoms. The van der Waals surface area contributed by atoms with E-state index in [0.717, 1.165) is 11.6 Å². The topological polar surface area (TPSA) is 89.3 Å². The van der Waals surface area contributed by atoms with Crippen molar-refractivity contribution in [3.8, 4) is 6.07 Å². The Labute approximate surface area is 207 Å². The number of benzene rings is 1. The average Bonchev–Trinajstić information content (AvgIpc) is 3.33. The summed E-state index contributed by atoms with van der Waals surface area (Å²) >= 11 is 0. The third-order valence-corrected chi connectivity index (χ3v) is 7.44. The summed E-state index contributed by atoms with van der Waals surface area (Å²) in [5.74, 6) is -0.495. The molecule has 2 saturated heterocycles. The number of aryl methyl sites for hydroxylation is 1. The molecule has 2 aromatic rings. The highest BCUT2D eigenvalue weighted by Crippen LogP contribution is 2.39. The molecule has 0 radical (unpaired) electrons. The van der Waals surface area contributed by atoms with Gasteiger partial charge in [-0.15, -0.1) is 0 Å². The maximum absolute atomic E-state index is 13.4. The van der Waals surface area contributed by atoms with Gasteiger partial charge in [0.05, 0.1) is 28.7 Å². The molecule has 1 aromatic carbocycles. The van der Waals surface area contributed by atoms with Gasteiger partial charge in [-0.05, 0) is 61.4 Å². The van der Waals surface area contributed by atoms with Crippen LogP contribution in [0.5, 0.6) is 0 Å². The molecule has 3 heterocycles. The lowest BCUT2D eigenvalue weighted by atomic mass is 9.78. The lowest BCUT2D eigenvalue weighted by Gasteiger charge is -2.37. The quantitative estimate of drug-likeness (QED) is 0.694. The maximum Gasteiger partial charge on any atom is 0.417 e. The van der Waals surface area contributed by atoms with E-state index in [9.17, 15) is 22.8 Å². The van der Waals surface area contributed by atoms with Gasteiger partial charge in [0.15, 0.2) is 0 Å². The van der Waals surface area contributed by atoms with Crippen LogP contribution >= 0.6 is 0 Å². The molecule has 10 heteroatoms. The first kappa shape index (κ1) is 25.5. The Morgan fingerprint density at radius 2 is 1.89 bits per heavy atom. The first-order chi connectivity index (χ1) is 17.1. The van der Waals surface area contributed by atoms with Gasteiger partial charge < -0.3 is 15.1 Å². The van der Waals surface area contributed by atoms with Crippen LogP contribution in [-0.4, -0.2) is 54.9 Å². The fourth-order valence-corrected chi connectivity index (χ4v) is 5.44. The van der Waals surface area contributed by atoms with E-state index in [-0.39, 0.29) is 29.6 Å². The Morgan fingerprint density at radius 1 is 1.17 bits per heavy atom. The predicted octanol–water partition coefficient (Wildman–Crippen LogP) is 3.63. The number of nitrogens with one attached hydrogen (secondary N) is 1. The molecule has 2 fully saturated rings. The molecule has 36 heavy (non-hydrogen) atoms. The number of hydrogen-bond acceptors (Lipinski definition) is 5. The van der Waals surface area contributed by atoms with Crippen molar-refractivity contribution in [2.24, 2.45) is 17.8 Å². The van der Waals surface area contributed by atoms with E-state index < -0.39 is 17.3 Å². The number of nitrogens with zero attached hydrogens (tertiary/aromatic N) is 4. The Kier molecular flexibility index (Phi) is 7.20. The number of carbonyl (C=O) groups excluding carboxylic acids is 2. The number of nitriles is 1. The van der Waals surface area contributed by atoms with Crippen molar-refractivity contribution in [1.29, 1.82) is 5.26 Å². The van der Waals surface area contributed by atoms with E-state index in [4.69, 9.17) is 5.26 Å². The molecule has 0 unspecified atom stereocenters. The maximum atomic E-state index is 13.4. The number of aromatic nitrogens is 1. The van der Waals surface area contributed by atoms with Gasteiger partial charge in [-0.2, -0.15) is 18.4 Å². The second kappa shape index (κ2) is 10.2. The minimum absolute atomic E-state index is 0.0419. The summed E-state index contributed by atoms with van der Waals surface area (Å²) < 4.78 is 40.2. The Morgan fingerprint density at radius 3 is 2.50 bits per heavy atom. The molecule has 190 valence electrons. The molecule has 0 aliphatic carbocycles. The average molecular weight is 500 g/mol. The zero-order valence-corrected chi connectivity index (χ0v) is 20.2. The van der Waals surface area contributed by atoms with Crippen LogP contribution in [-0.2, 0) is 11.0 Å². The number of carbonyl (C=O) groups is 2. The summed E-state index contributed by atoms with van der Waals surface area (Å²) in [4.78, 5) is 33.6. The third kappa shape index (κ3) is 5.01. The SMILES string of the molecule is CNC(=O)[C@@H]1CN(C(=O)c2cnccc2C)C[C@H]1C1CCN(c2ccc(C#N)c(C(F)(F)F)c2)CC1. The summed E-state index contributed by atoms with van der Waals surface area (Å²) in [6.07, 6.45) is -0.0514. The van der Waals surface area contributed by atoms with Crippen molar-refractivity contribution in [3.63, 3.8) is 0 Å². The Bertz CT molecular complexity index is 1180. The molecule has 2 atom stereocenters. The molecule has 1 aromatic heterocycles. The van der Waals surface area contributed by atoms with E-state index >= 15 is 0 Å². The third-order valence-electron chi connectivity index (χ3n) is 7.44. The zero-order valence-electron chi connectivity index (χ0n) is 20.2. The first-order valence-corrected chi connectivity index (χ1v) is 11.9. The van der Waals surface area contributed by atoms with Gasteiger partial charge in [0.1, 0.15) is 0 Å². The van der Waals surface area contributed by atoms with Crippen molar-refractivity contribution in [3.05, 3.63) is 58.9 Å². The van der Waals surface area contributed by atoms with Crippen molar-refractivity contribution >= 4 is 17.5 Å². The lowest BCUT2D eigenvalue weighted by Crippen LogP contribution is -2.41. The number of likely N-dealkylation sites (tertiary alicyclic amines) is 1. The van der Waals surface area contributed by atoms with Crippen molar-refractivity contribution in [2.75, 3.05) is 38.1 Å². The minimum atomic E-state index is -4.60. The van der Waals surface area contributed by atoms with Crippen LogP contribution in [0.3, 0.4) is 0 Å². The van der Waals surface area contributed by atoms with Gasteiger partial charge >= 0.3 is 6.18 Å². The predicted molar refractivity (Wildman–Crippen MR) is 127 cm³/mol. The molecule has 1 N–H and O–H groups in total. The monoisotopic (exact) mass is 499 g/mol. The second-order valence-corrected chi connectivity index (χ2v) is 9.45. The van der Waals surface area contributed by atoms with Crippen LogP contribution < -0.4 is 10.2 Å². The molecule has 2 amide bonds. The first-order valence-electron chi connectivity index (χ1n) is 11.9. The smallest absolute Gasteiger partial charge is 0.372 e. The lowest BCUT2D eigenvalue weighted by molar-refractivity contribution is -0.137. The van der Waals surface area contributed by atoms with Gasteiger partial charge in [-0.25, -0.2) is 0 Å². The number of rotatable bonds is 4. The van der Waals surface area contributed by atoms with Crippen molar-refractivity contribution in [1.82, 2.24) is 15.2 Å². The van der Waals surface area contributed by atoms with Gasteiger partial charge in [0, 0.05) is 51.3 Å². The highest BCUT2D eigenvalue weighted by atomic mass is 19.4. The highest BCUT2D eigenvalue weighted by Gasteiger charge is 2.44. The second-order valence-electron chi connectivity index (χ2n) is 9.45. The number of halogens is 3. The fraction of sp³-hybridized carbons (Fsp3) is 0.462. The molecule has 0 saturated carbocycles. The van der Waals surface area contributed by atoms with Crippen LogP contribution in [0, 0.1) is 36.0 Å². The molecular formula is C26H28F3N5O2. The molecule has 4 rings (SSSR count). The van der Waals surface area contributed by atoms with Crippen molar-refractivity contribution < 1.29 is 22.8 Å². The molecule has 0 spiro atoms. The van der Waals surface area contributed by atoms with Crippen LogP contribution in [0.4, 0.5) is 18.9 Å². The summed E-state index contributed by atoms with van der Waals surface area (Å²) in [6.45, 7) is 3.68. The number of amides is 2. The number of hydrogen-bond donors (Lipinski definition) is 1. The van der Waals surface area contributed by atoms with E-state index in [2.05, 4.69) is 10.3 Å². The van der Waals surface area contributed by atoms with Gasteiger partial charge in [-0.3, -0.25) is 14.6 Å². The Hall–Kier alpha value is -3.61. The highest BCUT2D eigenvalue weighted by molar-refractivity contribution is 5.96. The number of pyridine rings is 1. The normalized spacial score (nSPS) is 20.8. The standard InChI is InChI=1S/C26H28F3N5O2/c1-16-5-8-32-13-20(16)25(36)34-14-21(22(15-34)24(35)31-2)17-6-9-33(10-7-17)19-4-3-18(12-30)23(11-19)26(27,28)29/h3-5,8,11,13,17,21-22H,6-7,9-10,14-15H2,1-2H3,(H,31,35)/t21-,22+/m0/s1. The summed E-state index contributed by atoms with van der Waals surface area (Å²) in [5, 5.41) is 11.8. The van der Waals surface area contributed by atoms with Crippen LogP contribution in [0.25, 0.3) is 0 Å². The summed E-state index contributed by atoms with van der Waals surface area (Å²) in [6, 6.07) is 7.20. The van der Waals surface area contributed by atoms with E-state index in [1.54, 1.807) is 42.5 Å². The fourth-order valence-electron chi connectivity index (χ4n) is 5.44. The van der Waals surface area contributed by atoms with E-state index in [1.165, 1.54) is 6.07 Å². The van der Waals surface area contributed by atoms with Gasteiger partial charge in [0.25, 0.3) is 5.91 Å². The molecule has 7 nitrogen and oxygen atoms in total. The Balaban J connectivity index is 1.48. The molecular weight excluding hydrogens is 471 g/mol. The number of anilines is 1. The van der Waals surface area contributed by atoms with Gasteiger partial charge in [0.2, 0.25) is 5.91 Å². The van der Waals surface area contributed by atoms with E-state index in [1.807, 2.05) is 11.8 Å². The molecule has 2 aliphatic heterocycles. The van der Waals surface area contributed by atoms with Crippen LogP contribution in [0.15, 0.2) is 36.7 Å². The largest absolute Gasteiger partial charge is 0.417 e. The minimum Gasteiger partial charge on any atom is -0.372 e. The van der Waals surface area contributed by atoms with Crippen LogP contribution in [0.2, 0.25) is 0 Å².